The van der Waals surface area contributed by atoms with Crippen molar-refractivity contribution in [2.45, 2.75) is 38.8 Å². The summed E-state index contributed by atoms with van der Waals surface area (Å²) in [6.07, 6.45) is 5.97. The first kappa shape index (κ1) is 12.4. The number of nitrogens with zero attached hydrogens (tertiary/aromatic N) is 3. The summed E-state index contributed by atoms with van der Waals surface area (Å²) in [6.45, 7) is 4.77. The first-order valence-corrected chi connectivity index (χ1v) is 6.55. The van der Waals surface area contributed by atoms with Gasteiger partial charge in [-0.1, -0.05) is 0 Å². The van der Waals surface area contributed by atoms with Crippen molar-refractivity contribution in [1.82, 2.24) is 9.97 Å². The molecule has 0 aromatic carbocycles. The van der Waals surface area contributed by atoms with Gasteiger partial charge in [-0.15, -0.1) is 11.6 Å². The van der Waals surface area contributed by atoms with Crippen LogP contribution in [0.3, 0.4) is 0 Å². The quantitative estimate of drug-likeness (QED) is 0.732. The highest BCUT2D eigenvalue weighted by atomic mass is 35.5. The van der Waals surface area contributed by atoms with Crippen LogP contribution in [0.1, 0.15) is 26.7 Å². The molecule has 0 radical (unpaired) electrons. The lowest BCUT2D eigenvalue weighted by atomic mass is 10.4. The third kappa shape index (κ3) is 3.46. The molecule has 1 aliphatic rings. The number of ether oxygens (including phenoxy) is 1. The van der Waals surface area contributed by atoms with Crippen molar-refractivity contribution in [2.75, 3.05) is 17.3 Å². The zero-order chi connectivity index (χ0) is 12.3. The Kier molecular flexibility index (Phi) is 4.05. The number of rotatable bonds is 6. The van der Waals surface area contributed by atoms with Gasteiger partial charge >= 0.3 is 0 Å². The Morgan fingerprint density at radius 3 is 2.82 bits per heavy atom. The molecule has 5 heteroatoms. The highest BCUT2D eigenvalue weighted by molar-refractivity contribution is 6.18. The van der Waals surface area contributed by atoms with Gasteiger partial charge in [-0.05, 0) is 26.7 Å². The first-order valence-electron chi connectivity index (χ1n) is 6.02. The second-order valence-electron chi connectivity index (χ2n) is 4.50. The third-order valence-corrected chi connectivity index (χ3v) is 2.73. The molecule has 1 heterocycles. The van der Waals surface area contributed by atoms with Crippen molar-refractivity contribution < 1.29 is 4.74 Å². The van der Waals surface area contributed by atoms with E-state index in [0.29, 0.717) is 17.8 Å². The van der Waals surface area contributed by atoms with Crippen LogP contribution in [-0.4, -0.2) is 34.5 Å². The van der Waals surface area contributed by atoms with Gasteiger partial charge in [0, 0.05) is 18.5 Å². The van der Waals surface area contributed by atoms with E-state index in [0.717, 1.165) is 12.4 Å². The van der Waals surface area contributed by atoms with E-state index in [1.165, 1.54) is 12.8 Å². The molecule has 0 saturated heterocycles. The van der Waals surface area contributed by atoms with Gasteiger partial charge in [0.15, 0.2) is 5.82 Å². The molecule has 0 aliphatic heterocycles. The minimum atomic E-state index is 0.113. The molecule has 0 unspecified atom stereocenters. The Morgan fingerprint density at radius 2 is 2.24 bits per heavy atom. The van der Waals surface area contributed by atoms with E-state index in [1.807, 2.05) is 13.8 Å². The fraction of sp³-hybridized carbons (Fsp3) is 0.667. The average Bonchev–Trinajstić information content (AvgIpc) is 3.09. The Bertz CT molecular complexity index is 369. The van der Waals surface area contributed by atoms with E-state index in [9.17, 15) is 0 Å². The van der Waals surface area contributed by atoms with E-state index in [4.69, 9.17) is 16.3 Å². The maximum atomic E-state index is 5.82. The number of alkyl halides is 1. The van der Waals surface area contributed by atoms with Gasteiger partial charge in [0.2, 0.25) is 5.88 Å². The molecule has 0 bridgehead atoms. The van der Waals surface area contributed by atoms with Crippen molar-refractivity contribution in [3.8, 4) is 5.88 Å². The zero-order valence-corrected chi connectivity index (χ0v) is 11.0. The Morgan fingerprint density at radius 1 is 1.47 bits per heavy atom. The molecule has 1 aromatic heterocycles. The predicted molar refractivity (Wildman–Crippen MR) is 68.9 cm³/mol. The van der Waals surface area contributed by atoms with Crippen LogP contribution in [-0.2, 0) is 0 Å². The number of aromatic nitrogens is 2. The SMILES string of the molecule is CC(C)Oc1cncc(N(CCCl)C2CC2)n1. The summed E-state index contributed by atoms with van der Waals surface area (Å²) < 4.78 is 5.55. The Labute approximate surface area is 107 Å². The fourth-order valence-electron chi connectivity index (χ4n) is 1.74. The minimum Gasteiger partial charge on any atom is -0.474 e. The van der Waals surface area contributed by atoms with Crippen LogP contribution in [0.4, 0.5) is 5.82 Å². The second-order valence-corrected chi connectivity index (χ2v) is 4.87. The lowest BCUT2D eigenvalue weighted by Gasteiger charge is -2.22. The van der Waals surface area contributed by atoms with Crippen molar-refractivity contribution in [2.24, 2.45) is 0 Å². The number of hydrogen-bond acceptors (Lipinski definition) is 4. The zero-order valence-electron chi connectivity index (χ0n) is 10.3. The third-order valence-electron chi connectivity index (χ3n) is 2.56. The number of anilines is 1. The van der Waals surface area contributed by atoms with Crippen LogP contribution in [0.25, 0.3) is 0 Å². The molecule has 2 rings (SSSR count). The van der Waals surface area contributed by atoms with Gasteiger partial charge in [-0.3, -0.25) is 4.98 Å². The van der Waals surface area contributed by atoms with E-state index in [-0.39, 0.29) is 6.10 Å². The summed E-state index contributed by atoms with van der Waals surface area (Å²) in [6, 6.07) is 0.581. The Balaban J connectivity index is 2.12. The van der Waals surface area contributed by atoms with Gasteiger partial charge in [-0.2, -0.15) is 4.98 Å². The molecule has 1 aromatic rings. The van der Waals surface area contributed by atoms with Crippen LogP contribution < -0.4 is 9.64 Å². The summed E-state index contributed by atoms with van der Waals surface area (Å²) in [4.78, 5) is 10.9. The van der Waals surface area contributed by atoms with E-state index < -0.39 is 0 Å². The smallest absolute Gasteiger partial charge is 0.234 e. The molecule has 1 aliphatic carbocycles. The summed E-state index contributed by atoms with van der Waals surface area (Å²) in [5.74, 6) is 2.05. The van der Waals surface area contributed by atoms with E-state index >= 15 is 0 Å². The molecule has 17 heavy (non-hydrogen) atoms. The van der Waals surface area contributed by atoms with Crippen LogP contribution in [0.5, 0.6) is 5.88 Å². The fourth-order valence-corrected chi connectivity index (χ4v) is 1.92. The molecule has 4 nitrogen and oxygen atoms in total. The molecular formula is C12H18ClN3O. The van der Waals surface area contributed by atoms with Gasteiger partial charge in [0.1, 0.15) is 0 Å². The average molecular weight is 256 g/mol. The van der Waals surface area contributed by atoms with Crippen molar-refractivity contribution >= 4 is 17.4 Å². The normalized spacial score (nSPS) is 15.1. The van der Waals surface area contributed by atoms with Gasteiger partial charge in [0.25, 0.3) is 0 Å². The summed E-state index contributed by atoms with van der Waals surface area (Å²) in [7, 11) is 0. The molecule has 1 fully saturated rings. The number of halogens is 1. The van der Waals surface area contributed by atoms with Crippen LogP contribution in [0.15, 0.2) is 12.4 Å². The molecule has 0 spiro atoms. The standard InChI is InChI=1S/C12H18ClN3O/c1-9(2)17-12-8-14-7-11(15-12)16(6-5-13)10-3-4-10/h7-10H,3-6H2,1-2H3. The monoisotopic (exact) mass is 255 g/mol. The lowest BCUT2D eigenvalue weighted by Crippen LogP contribution is -2.29. The Hall–Kier alpha value is -1.03. The molecular weight excluding hydrogens is 238 g/mol. The topological polar surface area (TPSA) is 38.2 Å². The van der Waals surface area contributed by atoms with Gasteiger partial charge in [-0.25, -0.2) is 0 Å². The van der Waals surface area contributed by atoms with Gasteiger partial charge < -0.3 is 9.64 Å². The van der Waals surface area contributed by atoms with Crippen LogP contribution in [0, 0.1) is 0 Å². The molecule has 0 atom stereocenters. The van der Waals surface area contributed by atoms with Crippen molar-refractivity contribution in [3.05, 3.63) is 12.4 Å². The van der Waals surface area contributed by atoms with Crippen LogP contribution in [0.2, 0.25) is 0 Å². The molecule has 1 saturated carbocycles. The van der Waals surface area contributed by atoms with E-state index in [1.54, 1.807) is 12.4 Å². The summed E-state index contributed by atoms with van der Waals surface area (Å²) in [5.41, 5.74) is 0. The minimum absolute atomic E-state index is 0.113. The molecule has 0 N–H and O–H groups in total. The summed E-state index contributed by atoms with van der Waals surface area (Å²) in [5, 5.41) is 0. The van der Waals surface area contributed by atoms with Crippen molar-refractivity contribution in [1.29, 1.82) is 0 Å². The maximum absolute atomic E-state index is 5.82. The summed E-state index contributed by atoms with van der Waals surface area (Å²) >= 11 is 5.82. The second kappa shape index (κ2) is 5.54. The first-order chi connectivity index (χ1) is 8.20. The highest BCUT2D eigenvalue weighted by Crippen LogP contribution is 2.30. The lowest BCUT2D eigenvalue weighted by molar-refractivity contribution is 0.231. The predicted octanol–water partition coefficient (Wildman–Crippen LogP) is 2.47. The van der Waals surface area contributed by atoms with E-state index in [2.05, 4.69) is 14.9 Å². The maximum Gasteiger partial charge on any atom is 0.234 e. The largest absolute Gasteiger partial charge is 0.474 e. The van der Waals surface area contributed by atoms with Gasteiger partial charge in [0.05, 0.1) is 18.5 Å². The van der Waals surface area contributed by atoms with Crippen LogP contribution >= 0.6 is 11.6 Å². The number of hydrogen-bond donors (Lipinski definition) is 0. The molecule has 0 amide bonds. The highest BCUT2D eigenvalue weighted by Gasteiger charge is 2.29. The van der Waals surface area contributed by atoms with Crippen molar-refractivity contribution in [3.63, 3.8) is 0 Å². The molecule has 94 valence electrons.